The maximum atomic E-state index is 10.2. The molecule has 0 bridgehead atoms. The molecule has 100 valence electrons. The number of ether oxygens (including phenoxy) is 1. The molecule has 1 aliphatic rings. The van der Waals surface area contributed by atoms with Crippen LogP contribution in [0, 0.1) is 0 Å². The first-order valence-corrected chi connectivity index (χ1v) is 10.3. The van der Waals surface area contributed by atoms with Crippen LogP contribution >= 0.6 is 0 Å². The first kappa shape index (κ1) is 13.6. The van der Waals surface area contributed by atoms with Gasteiger partial charge >= 0.3 is 0 Å². The Bertz CT molecular complexity index is 456. The fraction of sp³-hybridized carbons (Fsp3) is 0.600. The third-order valence-electron chi connectivity index (χ3n) is 4.17. The summed E-state index contributed by atoms with van der Waals surface area (Å²) in [5.41, 5.74) is 2.35. The fourth-order valence-electron chi connectivity index (χ4n) is 2.90. The molecule has 0 radical (unpaired) electrons. The summed E-state index contributed by atoms with van der Waals surface area (Å²) in [6.07, 6.45) is 1.98. The second-order valence-corrected chi connectivity index (χ2v) is 11.3. The third kappa shape index (κ3) is 1.99. The number of phenols is 1. The summed E-state index contributed by atoms with van der Waals surface area (Å²) in [7, 11) is -1.51. The van der Waals surface area contributed by atoms with E-state index in [-0.39, 0.29) is 5.60 Å². The number of aromatic hydroxyl groups is 1. The molecule has 0 fully saturated rings. The minimum absolute atomic E-state index is 0.128. The summed E-state index contributed by atoms with van der Waals surface area (Å²) in [5, 5.41) is 11.4. The topological polar surface area (TPSA) is 29.5 Å². The van der Waals surface area contributed by atoms with Gasteiger partial charge in [0.2, 0.25) is 0 Å². The maximum Gasteiger partial charge on any atom is 0.115 e. The lowest BCUT2D eigenvalue weighted by Crippen LogP contribution is -2.39. The number of fused-ring (bicyclic) bond motifs is 1. The normalized spacial score (nSPS) is 17.8. The number of hydrogen-bond donors (Lipinski definition) is 1. The molecule has 0 amide bonds. The first-order valence-electron chi connectivity index (χ1n) is 6.85. The standard InChI is InChI=1S/C15H24O2Si/c1-6-15(7-2)12-9-14(18(3,4)5)13(16)8-11(12)10-17-15/h8-9,16H,6-7,10H2,1-5H3. The van der Waals surface area contributed by atoms with Crippen LogP contribution in [0.25, 0.3) is 0 Å². The van der Waals surface area contributed by atoms with E-state index in [0.29, 0.717) is 12.4 Å². The lowest BCUT2D eigenvalue weighted by atomic mass is 9.87. The molecule has 1 aromatic carbocycles. The molecular weight excluding hydrogens is 240 g/mol. The van der Waals surface area contributed by atoms with Gasteiger partial charge in [-0.15, -0.1) is 0 Å². The monoisotopic (exact) mass is 264 g/mol. The van der Waals surface area contributed by atoms with Crippen LogP contribution < -0.4 is 5.19 Å². The summed E-state index contributed by atoms with van der Waals surface area (Å²) in [6.45, 7) is 11.8. The highest BCUT2D eigenvalue weighted by atomic mass is 28.3. The van der Waals surface area contributed by atoms with E-state index in [1.54, 1.807) is 0 Å². The largest absolute Gasteiger partial charge is 0.508 e. The molecule has 2 rings (SSSR count). The quantitative estimate of drug-likeness (QED) is 0.847. The average Bonchev–Trinajstić information content (AvgIpc) is 2.65. The van der Waals surface area contributed by atoms with Crippen LogP contribution in [0.1, 0.15) is 37.8 Å². The van der Waals surface area contributed by atoms with Crippen molar-refractivity contribution in [3.63, 3.8) is 0 Å². The zero-order valence-corrected chi connectivity index (χ0v) is 13.1. The lowest BCUT2D eigenvalue weighted by molar-refractivity contribution is -0.0439. The summed E-state index contributed by atoms with van der Waals surface area (Å²) in [5.74, 6) is 0.458. The van der Waals surface area contributed by atoms with Crippen molar-refractivity contribution in [2.45, 2.75) is 58.5 Å². The lowest BCUT2D eigenvalue weighted by Gasteiger charge is -2.28. The molecule has 1 heterocycles. The molecule has 2 nitrogen and oxygen atoms in total. The highest BCUT2D eigenvalue weighted by Crippen LogP contribution is 2.42. The average molecular weight is 264 g/mol. The van der Waals surface area contributed by atoms with Crippen molar-refractivity contribution in [1.82, 2.24) is 0 Å². The summed E-state index contributed by atoms with van der Waals surface area (Å²) in [6, 6.07) is 4.15. The van der Waals surface area contributed by atoms with Crippen molar-refractivity contribution in [2.75, 3.05) is 0 Å². The van der Waals surface area contributed by atoms with Gasteiger partial charge < -0.3 is 9.84 Å². The Labute approximate surface area is 111 Å². The smallest absolute Gasteiger partial charge is 0.115 e. The second kappa shape index (κ2) is 4.39. The van der Waals surface area contributed by atoms with Crippen LogP contribution in [0.5, 0.6) is 5.75 Å². The van der Waals surface area contributed by atoms with Gasteiger partial charge in [-0.1, -0.05) is 39.6 Å². The van der Waals surface area contributed by atoms with Gasteiger partial charge in [0.05, 0.1) is 20.3 Å². The predicted octanol–water partition coefficient (Wildman–Crippen LogP) is 3.48. The zero-order chi connectivity index (χ0) is 13.6. The van der Waals surface area contributed by atoms with E-state index in [1.165, 1.54) is 11.1 Å². The number of hydrogen-bond acceptors (Lipinski definition) is 2. The number of rotatable bonds is 3. The summed E-state index contributed by atoms with van der Waals surface area (Å²) < 4.78 is 6.04. The van der Waals surface area contributed by atoms with E-state index in [1.807, 2.05) is 6.07 Å². The number of phenolic OH excluding ortho intramolecular Hbond substituents is 1. The maximum absolute atomic E-state index is 10.2. The van der Waals surface area contributed by atoms with Crippen molar-refractivity contribution in [2.24, 2.45) is 0 Å². The highest BCUT2D eigenvalue weighted by Gasteiger charge is 2.38. The Kier molecular flexibility index (Phi) is 3.32. The first-order chi connectivity index (χ1) is 8.34. The van der Waals surface area contributed by atoms with E-state index < -0.39 is 8.07 Å². The molecule has 0 saturated carbocycles. The summed E-state index contributed by atoms with van der Waals surface area (Å²) in [4.78, 5) is 0. The van der Waals surface area contributed by atoms with Gasteiger partial charge in [0, 0.05) is 0 Å². The molecule has 3 heteroatoms. The minimum Gasteiger partial charge on any atom is -0.508 e. The molecule has 1 aromatic rings. The van der Waals surface area contributed by atoms with Crippen molar-refractivity contribution in [1.29, 1.82) is 0 Å². The van der Waals surface area contributed by atoms with Crippen LogP contribution in [0.3, 0.4) is 0 Å². The van der Waals surface area contributed by atoms with E-state index in [9.17, 15) is 5.11 Å². The van der Waals surface area contributed by atoms with Crippen LogP contribution in [0.2, 0.25) is 19.6 Å². The Balaban J connectivity index is 2.60. The van der Waals surface area contributed by atoms with Crippen LogP contribution in [0.15, 0.2) is 12.1 Å². The van der Waals surface area contributed by atoms with Gasteiger partial charge in [0.15, 0.2) is 0 Å². The minimum atomic E-state index is -1.51. The van der Waals surface area contributed by atoms with E-state index in [0.717, 1.165) is 18.0 Å². The molecule has 0 aliphatic carbocycles. The number of benzene rings is 1. The Morgan fingerprint density at radius 3 is 2.33 bits per heavy atom. The van der Waals surface area contributed by atoms with Crippen molar-refractivity contribution < 1.29 is 9.84 Å². The van der Waals surface area contributed by atoms with Crippen molar-refractivity contribution >= 4 is 13.3 Å². The molecule has 18 heavy (non-hydrogen) atoms. The summed E-state index contributed by atoms with van der Waals surface area (Å²) >= 11 is 0. The molecule has 0 aromatic heterocycles. The van der Waals surface area contributed by atoms with Crippen molar-refractivity contribution in [3.8, 4) is 5.75 Å². The zero-order valence-electron chi connectivity index (χ0n) is 12.1. The van der Waals surface area contributed by atoms with Gasteiger partial charge in [0.25, 0.3) is 0 Å². The van der Waals surface area contributed by atoms with E-state index in [4.69, 9.17) is 4.74 Å². The Hall–Kier alpha value is -0.803. The molecule has 1 N–H and O–H groups in total. The van der Waals surface area contributed by atoms with Crippen molar-refractivity contribution in [3.05, 3.63) is 23.3 Å². The van der Waals surface area contributed by atoms with Gasteiger partial charge in [-0.3, -0.25) is 0 Å². The van der Waals surface area contributed by atoms with Crippen LogP contribution in [-0.4, -0.2) is 13.2 Å². The van der Waals surface area contributed by atoms with Crippen LogP contribution in [0.4, 0.5) is 0 Å². The predicted molar refractivity (Wildman–Crippen MR) is 78.1 cm³/mol. The van der Waals surface area contributed by atoms with Gasteiger partial charge in [0.1, 0.15) is 5.75 Å². The van der Waals surface area contributed by atoms with Gasteiger partial charge in [-0.2, -0.15) is 0 Å². The highest BCUT2D eigenvalue weighted by molar-refractivity contribution is 6.89. The van der Waals surface area contributed by atoms with Crippen LogP contribution in [-0.2, 0) is 16.9 Å². The fourth-order valence-corrected chi connectivity index (χ4v) is 4.32. The van der Waals surface area contributed by atoms with E-state index >= 15 is 0 Å². The Morgan fingerprint density at radius 2 is 1.83 bits per heavy atom. The SMILES string of the molecule is CCC1(CC)OCc2cc(O)c([Si](C)(C)C)cc21. The molecule has 0 spiro atoms. The van der Waals surface area contributed by atoms with E-state index in [2.05, 4.69) is 39.6 Å². The molecule has 0 unspecified atom stereocenters. The van der Waals surface area contributed by atoms with Gasteiger partial charge in [-0.05, 0) is 35.2 Å². The second-order valence-electron chi connectivity index (χ2n) is 6.27. The van der Waals surface area contributed by atoms with Gasteiger partial charge in [-0.25, -0.2) is 0 Å². The third-order valence-corrected chi connectivity index (χ3v) is 6.18. The molecule has 0 atom stereocenters. The Morgan fingerprint density at radius 1 is 1.22 bits per heavy atom. The molecular formula is C15H24O2Si. The molecule has 1 aliphatic heterocycles. The molecule has 0 saturated heterocycles.